The highest BCUT2D eigenvalue weighted by molar-refractivity contribution is 7.71. The van der Waals surface area contributed by atoms with Gasteiger partial charge in [0.05, 0.1) is 6.54 Å². The largest absolute Gasteiger partial charge is 0.326 e. The summed E-state index contributed by atoms with van der Waals surface area (Å²) < 4.78 is 3.95. The van der Waals surface area contributed by atoms with Crippen molar-refractivity contribution in [2.24, 2.45) is 0 Å². The number of hydrogen-bond acceptors (Lipinski definition) is 4. The Balaban J connectivity index is 1.38. The molecule has 2 heterocycles. The summed E-state index contributed by atoms with van der Waals surface area (Å²) in [6.07, 6.45) is 2.01. The average molecular weight is 446 g/mol. The number of nitrogens with one attached hydrogen (secondary N) is 2. The molecule has 4 rings (SSSR count). The average Bonchev–Trinajstić information content (AvgIpc) is 3.15. The highest BCUT2D eigenvalue weighted by Crippen LogP contribution is 2.19. The lowest BCUT2D eigenvalue weighted by Crippen LogP contribution is -2.18. The van der Waals surface area contributed by atoms with Gasteiger partial charge in [0.1, 0.15) is 0 Å². The number of aromatic amines is 1. The number of aryl methyl sites for hydroxylation is 1. The van der Waals surface area contributed by atoms with E-state index in [1.54, 1.807) is 16.8 Å². The van der Waals surface area contributed by atoms with Crippen molar-refractivity contribution in [3.8, 4) is 11.4 Å². The molecule has 0 aliphatic carbocycles. The van der Waals surface area contributed by atoms with Gasteiger partial charge >= 0.3 is 0 Å². The summed E-state index contributed by atoms with van der Waals surface area (Å²) in [6, 6.07) is 20.5. The maximum atomic E-state index is 12.5. The third kappa shape index (κ3) is 5.09. The van der Waals surface area contributed by atoms with Gasteiger partial charge in [0.2, 0.25) is 5.91 Å². The van der Waals surface area contributed by atoms with Crippen LogP contribution in [-0.4, -0.2) is 25.2 Å². The van der Waals surface area contributed by atoms with E-state index in [0.29, 0.717) is 29.4 Å². The summed E-state index contributed by atoms with van der Waals surface area (Å²) >= 11 is 5.35. The summed E-state index contributed by atoms with van der Waals surface area (Å²) in [4.78, 5) is 24.4. The minimum atomic E-state index is -0.115. The number of benzene rings is 2. The van der Waals surface area contributed by atoms with Crippen molar-refractivity contribution < 1.29 is 4.79 Å². The Morgan fingerprint density at radius 3 is 2.66 bits per heavy atom. The topological polar surface area (TPSA) is 84.7 Å². The van der Waals surface area contributed by atoms with Crippen molar-refractivity contribution in [2.75, 3.05) is 5.32 Å². The predicted molar refractivity (Wildman–Crippen MR) is 127 cm³/mol. The van der Waals surface area contributed by atoms with E-state index >= 15 is 0 Å². The molecule has 0 saturated carbocycles. The van der Waals surface area contributed by atoms with Gasteiger partial charge in [0.15, 0.2) is 10.6 Å². The molecule has 7 nitrogen and oxygen atoms in total. The number of anilines is 1. The van der Waals surface area contributed by atoms with Gasteiger partial charge in [-0.1, -0.05) is 42.0 Å². The second kappa shape index (κ2) is 9.57. The Morgan fingerprint density at radius 1 is 1.09 bits per heavy atom. The van der Waals surface area contributed by atoms with Crippen LogP contribution in [0.1, 0.15) is 17.5 Å². The smallest absolute Gasteiger partial charge is 0.250 e. The van der Waals surface area contributed by atoms with Crippen molar-refractivity contribution >= 4 is 23.8 Å². The molecule has 1 amide bonds. The number of carbonyl (C=O) groups excluding carboxylic acids is 1. The first-order valence-electron chi connectivity index (χ1n) is 10.3. The van der Waals surface area contributed by atoms with Crippen molar-refractivity contribution in [1.82, 2.24) is 19.3 Å². The first-order chi connectivity index (χ1) is 15.5. The molecule has 4 aromatic rings. The highest BCUT2D eigenvalue weighted by Gasteiger charge is 2.11. The molecule has 0 bridgehead atoms. The van der Waals surface area contributed by atoms with Crippen LogP contribution >= 0.6 is 12.2 Å². The summed E-state index contributed by atoms with van der Waals surface area (Å²) in [7, 11) is 0. The molecule has 2 aromatic heterocycles. The Hall–Kier alpha value is -3.78. The van der Waals surface area contributed by atoms with Gasteiger partial charge in [-0.25, -0.2) is 0 Å². The van der Waals surface area contributed by atoms with Gasteiger partial charge in [-0.15, -0.1) is 0 Å². The van der Waals surface area contributed by atoms with E-state index in [1.165, 1.54) is 6.07 Å². The number of aromatic nitrogens is 4. The summed E-state index contributed by atoms with van der Waals surface area (Å²) in [6.45, 7) is 2.92. The second-order valence-electron chi connectivity index (χ2n) is 7.54. The van der Waals surface area contributed by atoms with Gasteiger partial charge in [-0.3, -0.25) is 19.3 Å². The maximum Gasteiger partial charge on any atom is 0.250 e. The maximum absolute atomic E-state index is 12.5. The number of carbonyl (C=O) groups is 1. The number of rotatable bonds is 7. The number of amides is 1. The van der Waals surface area contributed by atoms with Crippen LogP contribution in [0.25, 0.3) is 11.4 Å². The minimum absolute atomic E-state index is 0.0484. The Morgan fingerprint density at radius 2 is 1.91 bits per heavy atom. The molecule has 2 aromatic carbocycles. The van der Waals surface area contributed by atoms with Crippen LogP contribution in [0.15, 0.2) is 77.7 Å². The van der Waals surface area contributed by atoms with Gasteiger partial charge in [-0.2, -0.15) is 5.10 Å². The fraction of sp³-hybridized carbons (Fsp3) is 0.167. The lowest BCUT2D eigenvalue weighted by atomic mass is 10.1. The quantitative estimate of drug-likeness (QED) is 0.419. The Labute approximate surface area is 190 Å². The van der Waals surface area contributed by atoms with Crippen LogP contribution in [0.3, 0.4) is 0 Å². The van der Waals surface area contributed by atoms with Crippen LogP contribution in [-0.2, 0) is 17.9 Å². The third-order valence-corrected chi connectivity index (χ3v) is 5.40. The summed E-state index contributed by atoms with van der Waals surface area (Å²) in [5.41, 5.74) is 3.71. The fourth-order valence-electron chi connectivity index (χ4n) is 3.45. The molecule has 162 valence electrons. The van der Waals surface area contributed by atoms with Crippen LogP contribution in [0.2, 0.25) is 0 Å². The van der Waals surface area contributed by atoms with Crippen LogP contribution < -0.4 is 10.9 Å². The van der Waals surface area contributed by atoms with E-state index in [0.717, 1.165) is 16.7 Å². The van der Waals surface area contributed by atoms with E-state index in [2.05, 4.69) is 15.5 Å². The SMILES string of the molecule is Cc1cccc(-c2n[nH]c(=S)n2CCC(=O)Nc2ccc(Cn3ccccc3=O)cc2)c1. The highest BCUT2D eigenvalue weighted by atomic mass is 32.1. The molecule has 32 heavy (non-hydrogen) atoms. The fourth-order valence-corrected chi connectivity index (χ4v) is 3.67. The first-order valence-corrected chi connectivity index (χ1v) is 10.7. The van der Waals surface area contributed by atoms with Gasteiger partial charge in [-0.05, 0) is 49.0 Å². The molecule has 0 spiro atoms. The zero-order chi connectivity index (χ0) is 22.5. The molecular formula is C24H23N5O2S. The van der Waals surface area contributed by atoms with Crippen molar-refractivity contribution in [3.05, 3.63) is 99.2 Å². The van der Waals surface area contributed by atoms with E-state index < -0.39 is 0 Å². The predicted octanol–water partition coefficient (Wildman–Crippen LogP) is 4.15. The molecule has 0 saturated heterocycles. The number of H-pyrrole nitrogens is 1. The molecule has 0 aliphatic rings. The van der Waals surface area contributed by atoms with Crippen LogP contribution in [0.5, 0.6) is 0 Å². The second-order valence-corrected chi connectivity index (χ2v) is 7.92. The van der Waals surface area contributed by atoms with Crippen LogP contribution in [0.4, 0.5) is 5.69 Å². The van der Waals surface area contributed by atoms with Gasteiger partial charge in [0.25, 0.3) is 5.56 Å². The zero-order valence-electron chi connectivity index (χ0n) is 17.6. The number of nitrogens with zero attached hydrogens (tertiary/aromatic N) is 3. The molecule has 8 heteroatoms. The Kier molecular flexibility index (Phi) is 6.42. The van der Waals surface area contributed by atoms with Crippen LogP contribution in [0, 0.1) is 11.7 Å². The third-order valence-electron chi connectivity index (χ3n) is 5.09. The molecule has 0 fully saturated rings. The zero-order valence-corrected chi connectivity index (χ0v) is 18.4. The van der Waals surface area contributed by atoms with E-state index in [9.17, 15) is 9.59 Å². The molecule has 0 unspecified atom stereocenters. The van der Waals surface area contributed by atoms with E-state index in [1.807, 2.05) is 66.1 Å². The monoisotopic (exact) mass is 445 g/mol. The molecule has 2 N–H and O–H groups in total. The van der Waals surface area contributed by atoms with E-state index in [4.69, 9.17) is 12.2 Å². The van der Waals surface area contributed by atoms with E-state index in [-0.39, 0.29) is 17.9 Å². The number of pyridine rings is 1. The summed E-state index contributed by atoms with van der Waals surface area (Å²) in [5, 5.41) is 10.1. The number of hydrogen-bond donors (Lipinski definition) is 2. The van der Waals surface area contributed by atoms with Gasteiger partial charge in [0, 0.05) is 36.5 Å². The molecule has 0 aliphatic heterocycles. The lowest BCUT2D eigenvalue weighted by Gasteiger charge is -2.10. The normalized spacial score (nSPS) is 10.8. The van der Waals surface area contributed by atoms with Crippen molar-refractivity contribution in [2.45, 2.75) is 26.4 Å². The minimum Gasteiger partial charge on any atom is -0.326 e. The Bertz CT molecular complexity index is 1350. The molecule has 0 radical (unpaired) electrons. The molecule has 0 atom stereocenters. The lowest BCUT2D eigenvalue weighted by molar-refractivity contribution is -0.116. The standard InChI is InChI=1S/C24H23N5O2S/c1-17-5-4-6-19(15-17)23-26-27-24(32)29(23)14-12-21(30)25-20-10-8-18(9-11-20)16-28-13-3-2-7-22(28)31/h2-11,13,15H,12,14,16H2,1H3,(H,25,30)(H,27,32). The van der Waals surface area contributed by atoms with Gasteiger partial charge < -0.3 is 9.88 Å². The summed E-state index contributed by atoms with van der Waals surface area (Å²) in [5.74, 6) is 0.599. The first kappa shape index (κ1) is 21.5. The van der Waals surface area contributed by atoms with Crippen molar-refractivity contribution in [1.29, 1.82) is 0 Å². The van der Waals surface area contributed by atoms with Crippen molar-refractivity contribution in [3.63, 3.8) is 0 Å². The molecular weight excluding hydrogens is 422 g/mol.